The molecule has 0 radical (unpaired) electrons. The van der Waals surface area contributed by atoms with Crippen LogP contribution in [0.1, 0.15) is 55.2 Å². The molecule has 4 rings (SSSR count). The van der Waals surface area contributed by atoms with Gasteiger partial charge in [-0.1, -0.05) is 26.0 Å². The number of hydrogen-bond donors (Lipinski definition) is 1. The Morgan fingerprint density at radius 3 is 2.79 bits per heavy atom. The number of aryl methyl sites for hydroxylation is 1. The maximum atomic E-state index is 13.0. The van der Waals surface area contributed by atoms with Crippen LogP contribution in [0, 0.1) is 5.82 Å². The SMILES string of the molecule is CC(CCCc1ccc(F)cc1)c1cc(O)c2c3c(c(=O)oc2c1)SCC3C. The van der Waals surface area contributed by atoms with Crippen molar-refractivity contribution in [2.45, 2.75) is 49.8 Å². The summed E-state index contributed by atoms with van der Waals surface area (Å²) in [6, 6.07) is 10.3. The van der Waals surface area contributed by atoms with Crippen molar-refractivity contribution in [3.05, 3.63) is 69.3 Å². The first kappa shape index (κ1) is 19.1. The second-order valence-electron chi connectivity index (χ2n) is 7.68. The minimum atomic E-state index is -0.308. The Bertz CT molecular complexity index is 1070. The zero-order valence-electron chi connectivity index (χ0n) is 16.0. The summed E-state index contributed by atoms with van der Waals surface area (Å²) in [5.41, 5.74) is 3.16. The van der Waals surface area contributed by atoms with E-state index < -0.39 is 0 Å². The topological polar surface area (TPSA) is 50.4 Å². The molecule has 1 N–H and O–H groups in total. The molecule has 1 aliphatic heterocycles. The molecule has 0 fully saturated rings. The normalized spacial score (nSPS) is 17.0. The summed E-state index contributed by atoms with van der Waals surface area (Å²) in [6.07, 6.45) is 2.75. The lowest BCUT2D eigenvalue weighted by Crippen LogP contribution is -2.05. The smallest absolute Gasteiger partial charge is 0.350 e. The van der Waals surface area contributed by atoms with Gasteiger partial charge in [-0.15, -0.1) is 11.8 Å². The van der Waals surface area contributed by atoms with E-state index in [-0.39, 0.29) is 29.0 Å². The third kappa shape index (κ3) is 3.55. The Morgan fingerprint density at radius 2 is 2.04 bits per heavy atom. The van der Waals surface area contributed by atoms with E-state index in [0.29, 0.717) is 15.9 Å². The average molecular weight is 398 g/mol. The molecule has 28 heavy (non-hydrogen) atoms. The molecule has 1 aliphatic rings. The highest BCUT2D eigenvalue weighted by atomic mass is 32.2. The number of phenols is 1. The van der Waals surface area contributed by atoms with Gasteiger partial charge in [-0.2, -0.15) is 0 Å². The van der Waals surface area contributed by atoms with Crippen molar-refractivity contribution < 1.29 is 13.9 Å². The molecule has 5 heteroatoms. The monoisotopic (exact) mass is 398 g/mol. The molecule has 3 aromatic rings. The van der Waals surface area contributed by atoms with Gasteiger partial charge in [-0.25, -0.2) is 9.18 Å². The number of rotatable bonds is 5. The van der Waals surface area contributed by atoms with Gasteiger partial charge in [-0.3, -0.25) is 0 Å². The highest BCUT2D eigenvalue weighted by molar-refractivity contribution is 7.99. The molecule has 0 bridgehead atoms. The van der Waals surface area contributed by atoms with Crippen LogP contribution in [-0.2, 0) is 6.42 Å². The second kappa shape index (κ2) is 7.63. The van der Waals surface area contributed by atoms with Crippen LogP contribution in [0.3, 0.4) is 0 Å². The van der Waals surface area contributed by atoms with Crippen LogP contribution in [0.4, 0.5) is 4.39 Å². The van der Waals surface area contributed by atoms with Crippen LogP contribution >= 0.6 is 11.8 Å². The molecule has 2 atom stereocenters. The quantitative estimate of drug-likeness (QED) is 0.538. The summed E-state index contributed by atoms with van der Waals surface area (Å²) in [7, 11) is 0. The zero-order valence-corrected chi connectivity index (χ0v) is 16.8. The van der Waals surface area contributed by atoms with E-state index in [2.05, 4.69) is 13.8 Å². The van der Waals surface area contributed by atoms with Gasteiger partial charge < -0.3 is 9.52 Å². The van der Waals surface area contributed by atoms with Crippen LogP contribution in [0.2, 0.25) is 0 Å². The number of halogens is 1. The second-order valence-corrected chi connectivity index (χ2v) is 8.71. The first-order valence-electron chi connectivity index (χ1n) is 9.65. The zero-order chi connectivity index (χ0) is 19.8. The van der Waals surface area contributed by atoms with Crippen LogP contribution in [0.5, 0.6) is 5.75 Å². The highest BCUT2D eigenvalue weighted by Crippen LogP contribution is 2.44. The molecule has 0 saturated heterocycles. The Kier molecular flexibility index (Phi) is 5.19. The molecule has 3 nitrogen and oxygen atoms in total. The predicted molar refractivity (Wildman–Crippen MR) is 111 cm³/mol. The lowest BCUT2D eigenvalue weighted by atomic mass is 9.91. The molecule has 0 aliphatic carbocycles. The lowest BCUT2D eigenvalue weighted by molar-refractivity contribution is 0.474. The van der Waals surface area contributed by atoms with Gasteiger partial charge in [0.25, 0.3) is 0 Å². The first-order chi connectivity index (χ1) is 13.4. The maximum absolute atomic E-state index is 13.0. The van der Waals surface area contributed by atoms with Crippen LogP contribution in [-0.4, -0.2) is 10.9 Å². The lowest BCUT2D eigenvalue weighted by Gasteiger charge is -2.15. The molecule has 0 saturated carbocycles. The molecule has 146 valence electrons. The van der Waals surface area contributed by atoms with Gasteiger partial charge in [0.05, 0.1) is 10.3 Å². The van der Waals surface area contributed by atoms with Crippen molar-refractivity contribution in [1.29, 1.82) is 0 Å². The fourth-order valence-corrected chi connectivity index (χ4v) is 5.16. The van der Waals surface area contributed by atoms with E-state index in [4.69, 9.17) is 4.42 Å². The van der Waals surface area contributed by atoms with Crippen LogP contribution < -0.4 is 5.63 Å². The number of thioether (sulfide) groups is 1. The molecule has 1 aromatic heterocycles. The van der Waals surface area contributed by atoms with E-state index in [1.54, 1.807) is 6.07 Å². The average Bonchev–Trinajstić information content (AvgIpc) is 3.05. The van der Waals surface area contributed by atoms with E-state index in [0.717, 1.165) is 41.7 Å². The summed E-state index contributed by atoms with van der Waals surface area (Å²) in [4.78, 5) is 13.0. The van der Waals surface area contributed by atoms with Crippen molar-refractivity contribution >= 4 is 22.7 Å². The Balaban J connectivity index is 1.56. The summed E-state index contributed by atoms with van der Waals surface area (Å²) in [6.45, 7) is 4.18. The van der Waals surface area contributed by atoms with Gasteiger partial charge in [0.15, 0.2) is 0 Å². The van der Waals surface area contributed by atoms with E-state index in [1.807, 2.05) is 18.2 Å². The Hall–Kier alpha value is -2.27. The molecule has 2 aromatic carbocycles. The van der Waals surface area contributed by atoms with Gasteiger partial charge in [0.1, 0.15) is 17.1 Å². The molecule has 0 spiro atoms. The third-order valence-electron chi connectivity index (χ3n) is 5.56. The summed E-state index contributed by atoms with van der Waals surface area (Å²) in [5.74, 6) is 1.23. The highest BCUT2D eigenvalue weighted by Gasteiger charge is 2.28. The first-order valence-corrected chi connectivity index (χ1v) is 10.6. The van der Waals surface area contributed by atoms with Crippen molar-refractivity contribution in [3.63, 3.8) is 0 Å². The van der Waals surface area contributed by atoms with E-state index in [1.165, 1.54) is 23.9 Å². The van der Waals surface area contributed by atoms with Crippen molar-refractivity contribution in [2.24, 2.45) is 0 Å². The molecular weight excluding hydrogens is 375 g/mol. The van der Waals surface area contributed by atoms with Crippen LogP contribution in [0.15, 0.2) is 50.5 Å². The maximum Gasteiger partial charge on any atom is 0.350 e. The predicted octanol–water partition coefficient (Wildman–Crippen LogP) is 5.97. The standard InChI is InChI=1S/C23H23FO3S/c1-13(4-3-5-15-6-8-17(24)9-7-15)16-10-18(25)21-19(11-16)27-23(26)22-20(21)14(2)12-28-22/h6-11,13-14,25H,3-5,12H2,1-2H3. The van der Waals surface area contributed by atoms with Crippen molar-refractivity contribution in [3.8, 4) is 5.75 Å². The number of phenolic OH excluding ortho intramolecular Hbond substituents is 1. The number of fused-ring (bicyclic) bond motifs is 3. The van der Waals surface area contributed by atoms with Gasteiger partial charge in [0.2, 0.25) is 0 Å². The number of hydrogen-bond acceptors (Lipinski definition) is 4. The van der Waals surface area contributed by atoms with E-state index >= 15 is 0 Å². The summed E-state index contributed by atoms with van der Waals surface area (Å²) < 4.78 is 18.5. The summed E-state index contributed by atoms with van der Waals surface area (Å²) in [5, 5.41) is 11.4. The molecule has 2 unspecified atom stereocenters. The summed E-state index contributed by atoms with van der Waals surface area (Å²) >= 11 is 1.51. The third-order valence-corrected chi connectivity index (χ3v) is 6.90. The van der Waals surface area contributed by atoms with Crippen molar-refractivity contribution in [2.75, 3.05) is 5.75 Å². The molecule has 2 heterocycles. The molecular formula is C23H23FO3S. The van der Waals surface area contributed by atoms with Gasteiger partial charge >= 0.3 is 5.63 Å². The minimum absolute atomic E-state index is 0.187. The minimum Gasteiger partial charge on any atom is -0.507 e. The van der Waals surface area contributed by atoms with Crippen molar-refractivity contribution in [1.82, 2.24) is 0 Å². The number of benzene rings is 2. The fraction of sp³-hybridized carbons (Fsp3) is 0.348. The van der Waals surface area contributed by atoms with E-state index in [9.17, 15) is 14.3 Å². The fourth-order valence-electron chi connectivity index (χ4n) is 3.96. The van der Waals surface area contributed by atoms with Crippen LogP contribution in [0.25, 0.3) is 11.0 Å². The molecule has 0 amide bonds. The Morgan fingerprint density at radius 1 is 1.29 bits per heavy atom. The van der Waals surface area contributed by atoms with Gasteiger partial charge in [0, 0.05) is 5.75 Å². The number of aromatic hydroxyl groups is 1. The largest absolute Gasteiger partial charge is 0.507 e. The van der Waals surface area contributed by atoms with Gasteiger partial charge in [-0.05, 0) is 72.1 Å². The Labute approximate surface area is 167 Å².